The molecule has 0 aliphatic heterocycles. The monoisotopic (exact) mass is 114 g/mol. The number of alkyl halides is 1. The zero-order chi connectivity index (χ0) is 5.78. The quantitative estimate of drug-likeness (QED) is 0.490. The molecular formula is C7H11F. The van der Waals surface area contributed by atoms with Gasteiger partial charge in [-0.25, -0.2) is 4.39 Å². The van der Waals surface area contributed by atoms with Crippen LogP contribution in [0.2, 0.25) is 0 Å². The molecule has 2 unspecified atom stereocenters. The third-order valence-corrected chi connectivity index (χ3v) is 2.68. The van der Waals surface area contributed by atoms with Crippen molar-refractivity contribution >= 4 is 0 Å². The maximum Gasteiger partial charge on any atom is 0.106 e. The highest BCUT2D eigenvalue weighted by molar-refractivity contribution is 5.08. The van der Waals surface area contributed by atoms with Crippen molar-refractivity contribution in [3.8, 4) is 0 Å². The average Bonchev–Trinajstić information content (AvgIpc) is 2.44. The van der Waals surface area contributed by atoms with Gasteiger partial charge in [-0.15, -0.1) is 0 Å². The van der Waals surface area contributed by atoms with Crippen molar-refractivity contribution in [1.82, 2.24) is 0 Å². The van der Waals surface area contributed by atoms with Crippen LogP contribution in [0, 0.1) is 11.3 Å². The Morgan fingerprint density at radius 1 is 1.50 bits per heavy atom. The summed E-state index contributed by atoms with van der Waals surface area (Å²) in [6.45, 7) is 2.08. The predicted octanol–water partition coefficient (Wildman–Crippen LogP) is 2.14. The zero-order valence-electron chi connectivity index (χ0n) is 5.15. The maximum absolute atomic E-state index is 12.5. The van der Waals surface area contributed by atoms with E-state index in [2.05, 4.69) is 6.92 Å². The first-order chi connectivity index (χ1) is 3.73. The molecule has 2 rings (SSSR count). The molecular weight excluding hydrogens is 103 g/mol. The largest absolute Gasteiger partial charge is 0.247 e. The highest BCUT2D eigenvalue weighted by atomic mass is 19.1. The highest BCUT2D eigenvalue weighted by Gasteiger charge is 2.59. The molecule has 0 bridgehead atoms. The summed E-state index contributed by atoms with van der Waals surface area (Å²) in [4.78, 5) is 0. The van der Waals surface area contributed by atoms with Crippen LogP contribution in [0.4, 0.5) is 4.39 Å². The molecule has 46 valence electrons. The number of hydrogen-bond donors (Lipinski definition) is 0. The van der Waals surface area contributed by atoms with Gasteiger partial charge < -0.3 is 0 Å². The Morgan fingerprint density at radius 3 is 2.12 bits per heavy atom. The van der Waals surface area contributed by atoms with Gasteiger partial charge >= 0.3 is 0 Å². The van der Waals surface area contributed by atoms with E-state index in [0.29, 0.717) is 0 Å². The van der Waals surface area contributed by atoms with Gasteiger partial charge in [0, 0.05) is 5.41 Å². The van der Waals surface area contributed by atoms with Crippen molar-refractivity contribution in [2.75, 3.05) is 0 Å². The second-order valence-electron chi connectivity index (χ2n) is 3.45. The Labute approximate surface area is 49.1 Å². The molecule has 0 saturated heterocycles. The van der Waals surface area contributed by atoms with E-state index in [9.17, 15) is 4.39 Å². The van der Waals surface area contributed by atoms with Gasteiger partial charge in [0.25, 0.3) is 0 Å². The first-order valence-electron chi connectivity index (χ1n) is 3.37. The van der Waals surface area contributed by atoms with Crippen molar-refractivity contribution < 1.29 is 4.39 Å². The van der Waals surface area contributed by atoms with Crippen molar-refractivity contribution in [2.24, 2.45) is 11.3 Å². The first-order valence-corrected chi connectivity index (χ1v) is 3.37. The van der Waals surface area contributed by atoms with Crippen LogP contribution < -0.4 is 0 Å². The Bertz CT molecular complexity index is 118. The fraction of sp³-hybridized carbons (Fsp3) is 1.00. The lowest BCUT2D eigenvalue weighted by molar-refractivity contribution is 0.347. The summed E-state index contributed by atoms with van der Waals surface area (Å²) in [6, 6.07) is 0. The van der Waals surface area contributed by atoms with E-state index in [0.717, 1.165) is 12.3 Å². The zero-order valence-corrected chi connectivity index (χ0v) is 5.15. The summed E-state index contributed by atoms with van der Waals surface area (Å²) in [7, 11) is 0. The lowest BCUT2D eigenvalue weighted by atomic mass is 10.0. The van der Waals surface area contributed by atoms with Crippen LogP contribution in [-0.2, 0) is 0 Å². The van der Waals surface area contributed by atoms with E-state index in [1.807, 2.05) is 0 Å². The summed E-state index contributed by atoms with van der Waals surface area (Å²) < 4.78 is 12.5. The maximum atomic E-state index is 12.5. The van der Waals surface area contributed by atoms with E-state index in [-0.39, 0.29) is 5.41 Å². The van der Waals surface area contributed by atoms with Crippen LogP contribution in [0.3, 0.4) is 0 Å². The Hall–Kier alpha value is -0.0700. The van der Waals surface area contributed by atoms with Crippen LogP contribution in [0.1, 0.15) is 26.2 Å². The Balaban J connectivity index is 2.04. The predicted molar refractivity (Wildman–Crippen MR) is 30.3 cm³/mol. The lowest BCUT2D eigenvalue weighted by Gasteiger charge is -2.01. The van der Waals surface area contributed by atoms with Crippen molar-refractivity contribution in [1.29, 1.82) is 0 Å². The van der Waals surface area contributed by atoms with Gasteiger partial charge in [-0.1, -0.05) is 6.92 Å². The normalized spacial score (nSPS) is 54.0. The minimum absolute atomic E-state index is 0.153. The summed E-state index contributed by atoms with van der Waals surface area (Å²) in [5.74, 6) is 0.762. The SMILES string of the molecule is CC1(C2CC2)CC1F. The fourth-order valence-corrected chi connectivity index (χ4v) is 1.49. The molecule has 1 heteroatoms. The molecule has 2 aliphatic carbocycles. The topological polar surface area (TPSA) is 0 Å². The Morgan fingerprint density at radius 2 is 2.00 bits per heavy atom. The molecule has 0 amide bonds. The smallest absolute Gasteiger partial charge is 0.106 e. The van der Waals surface area contributed by atoms with Crippen molar-refractivity contribution in [2.45, 2.75) is 32.4 Å². The minimum atomic E-state index is -0.449. The summed E-state index contributed by atoms with van der Waals surface area (Å²) in [6.07, 6.45) is 2.97. The van der Waals surface area contributed by atoms with Crippen LogP contribution >= 0.6 is 0 Å². The summed E-state index contributed by atoms with van der Waals surface area (Å²) in [5.41, 5.74) is 0.153. The molecule has 0 nitrogen and oxygen atoms in total. The number of rotatable bonds is 1. The van der Waals surface area contributed by atoms with E-state index < -0.39 is 6.17 Å². The summed E-state index contributed by atoms with van der Waals surface area (Å²) in [5, 5.41) is 0. The van der Waals surface area contributed by atoms with Crippen LogP contribution in [-0.4, -0.2) is 6.17 Å². The second kappa shape index (κ2) is 1.09. The van der Waals surface area contributed by atoms with Gasteiger partial charge in [0.2, 0.25) is 0 Å². The highest BCUT2D eigenvalue weighted by Crippen LogP contribution is 2.62. The molecule has 0 radical (unpaired) electrons. The molecule has 0 aromatic rings. The summed E-state index contributed by atoms with van der Waals surface area (Å²) >= 11 is 0. The molecule has 0 heterocycles. The van der Waals surface area contributed by atoms with Gasteiger partial charge in [-0.05, 0) is 25.2 Å². The Kier molecular flexibility index (Phi) is 0.653. The second-order valence-corrected chi connectivity index (χ2v) is 3.45. The van der Waals surface area contributed by atoms with E-state index in [4.69, 9.17) is 0 Å². The van der Waals surface area contributed by atoms with Crippen LogP contribution in [0.5, 0.6) is 0 Å². The number of halogens is 1. The van der Waals surface area contributed by atoms with Crippen molar-refractivity contribution in [3.05, 3.63) is 0 Å². The standard InChI is InChI=1S/C7H11F/c1-7(4-6(7)8)5-2-3-5/h5-6H,2-4H2,1H3. The molecule has 8 heavy (non-hydrogen) atoms. The van der Waals surface area contributed by atoms with Gasteiger partial charge in [0.1, 0.15) is 6.17 Å². The molecule has 0 N–H and O–H groups in total. The third kappa shape index (κ3) is 0.448. The molecule has 0 aromatic carbocycles. The van der Waals surface area contributed by atoms with Crippen molar-refractivity contribution in [3.63, 3.8) is 0 Å². The average molecular weight is 114 g/mol. The van der Waals surface area contributed by atoms with E-state index >= 15 is 0 Å². The van der Waals surface area contributed by atoms with Crippen LogP contribution in [0.15, 0.2) is 0 Å². The molecule has 2 aliphatic rings. The molecule has 2 atom stereocenters. The fourth-order valence-electron chi connectivity index (χ4n) is 1.49. The van der Waals surface area contributed by atoms with Gasteiger partial charge in [0.05, 0.1) is 0 Å². The molecule has 0 aromatic heterocycles. The number of hydrogen-bond acceptors (Lipinski definition) is 0. The minimum Gasteiger partial charge on any atom is -0.247 e. The van der Waals surface area contributed by atoms with E-state index in [1.54, 1.807) is 0 Å². The first kappa shape index (κ1) is 4.78. The van der Waals surface area contributed by atoms with Gasteiger partial charge in [-0.3, -0.25) is 0 Å². The molecule has 2 saturated carbocycles. The molecule has 2 fully saturated rings. The van der Waals surface area contributed by atoms with Crippen LogP contribution in [0.25, 0.3) is 0 Å². The van der Waals surface area contributed by atoms with Gasteiger partial charge in [-0.2, -0.15) is 0 Å². The van der Waals surface area contributed by atoms with E-state index in [1.165, 1.54) is 12.8 Å². The third-order valence-electron chi connectivity index (χ3n) is 2.68. The lowest BCUT2D eigenvalue weighted by Crippen LogP contribution is -1.99. The van der Waals surface area contributed by atoms with Gasteiger partial charge in [0.15, 0.2) is 0 Å². The molecule has 0 spiro atoms.